The highest BCUT2D eigenvalue weighted by Gasteiger charge is 2.19. The van der Waals surface area contributed by atoms with Crippen LogP contribution >= 0.6 is 0 Å². The van der Waals surface area contributed by atoms with E-state index in [-0.39, 0.29) is 11.6 Å². The van der Waals surface area contributed by atoms with Crippen molar-refractivity contribution in [2.75, 3.05) is 10.6 Å². The molecule has 0 radical (unpaired) electrons. The minimum atomic E-state index is -2.71. The third-order valence-electron chi connectivity index (χ3n) is 3.51. The van der Waals surface area contributed by atoms with E-state index >= 15 is 0 Å². The van der Waals surface area contributed by atoms with Crippen molar-refractivity contribution in [3.63, 3.8) is 0 Å². The molecular formula is C14H10F2N6O. The third-order valence-corrected chi connectivity index (χ3v) is 3.51. The third kappa shape index (κ3) is 2.35. The predicted octanol–water partition coefficient (Wildman–Crippen LogP) is 2.53. The highest BCUT2D eigenvalue weighted by Crippen LogP contribution is 2.29. The fraction of sp³-hybridized carbons (Fsp3) is 0.143. The Morgan fingerprint density at radius 3 is 2.96 bits per heavy atom. The highest BCUT2D eigenvalue weighted by molar-refractivity contribution is 5.99. The zero-order valence-electron chi connectivity index (χ0n) is 11.6. The van der Waals surface area contributed by atoms with Crippen LogP contribution in [-0.4, -0.2) is 25.8 Å². The molecule has 0 atom stereocenters. The SMILES string of the molecule is O=C1Cc2cc(Nc3ncnc4nc(C(F)F)[nH]c34)ccc2N1. The maximum Gasteiger partial charge on any atom is 0.295 e. The Morgan fingerprint density at radius 2 is 2.13 bits per heavy atom. The van der Waals surface area contributed by atoms with Crippen LogP contribution in [0.2, 0.25) is 0 Å². The molecule has 0 unspecified atom stereocenters. The van der Waals surface area contributed by atoms with E-state index < -0.39 is 12.2 Å². The zero-order valence-corrected chi connectivity index (χ0v) is 11.6. The zero-order chi connectivity index (χ0) is 16.0. The number of nitrogens with one attached hydrogen (secondary N) is 3. The van der Waals surface area contributed by atoms with Crippen molar-refractivity contribution in [1.82, 2.24) is 19.9 Å². The minimum Gasteiger partial charge on any atom is -0.338 e. The van der Waals surface area contributed by atoms with Crippen LogP contribution in [0, 0.1) is 0 Å². The van der Waals surface area contributed by atoms with Crippen molar-refractivity contribution in [3.05, 3.63) is 35.9 Å². The molecule has 2 aromatic heterocycles. The van der Waals surface area contributed by atoms with E-state index in [1.807, 2.05) is 6.07 Å². The first-order valence-electron chi connectivity index (χ1n) is 6.79. The van der Waals surface area contributed by atoms with Crippen molar-refractivity contribution in [1.29, 1.82) is 0 Å². The second-order valence-electron chi connectivity index (χ2n) is 5.07. The van der Waals surface area contributed by atoms with Crippen LogP contribution in [-0.2, 0) is 11.2 Å². The monoisotopic (exact) mass is 316 g/mol. The molecule has 0 saturated carbocycles. The van der Waals surface area contributed by atoms with Gasteiger partial charge in [-0.05, 0) is 23.8 Å². The van der Waals surface area contributed by atoms with Crippen molar-refractivity contribution >= 4 is 34.3 Å². The molecule has 1 aromatic carbocycles. The van der Waals surface area contributed by atoms with Gasteiger partial charge in [-0.15, -0.1) is 0 Å². The van der Waals surface area contributed by atoms with E-state index in [1.165, 1.54) is 6.33 Å². The van der Waals surface area contributed by atoms with Gasteiger partial charge in [0.2, 0.25) is 5.91 Å². The molecule has 7 nitrogen and oxygen atoms in total. The molecule has 3 aromatic rings. The molecule has 4 rings (SSSR count). The van der Waals surface area contributed by atoms with E-state index in [0.717, 1.165) is 11.3 Å². The summed E-state index contributed by atoms with van der Waals surface area (Å²) in [5, 5.41) is 5.78. The number of carbonyl (C=O) groups excluding carboxylic acids is 1. The summed E-state index contributed by atoms with van der Waals surface area (Å²) < 4.78 is 25.5. The second-order valence-corrected chi connectivity index (χ2v) is 5.07. The smallest absolute Gasteiger partial charge is 0.295 e. The molecule has 0 saturated heterocycles. The number of H-pyrrole nitrogens is 1. The first-order valence-corrected chi connectivity index (χ1v) is 6.79. The van der Waals surface area contributed by atoms with Gasteiger partial charge in [0.25, 0.3) is 6.43 Å². The van der Waals surface area contributed by atoms with Crippen LogP contribution in [0.1, 0.15) is 17.8 Å². The summed E-state index contributed by atoms with van der Waals surface area (Å²) in [6.45, 7) is 0. The van der Waals surface area contributed by atoms with Crippen LogP contribution in [0.4, 0.5) is 26.0 Å². The van der Waals surface area contributed by atoms with Crippen molar-refractivity contribution < 1.29 is 13.6 Å². The molecular weight excluding hydrogens is 306 g/mol. The van der Waals surface area contributed by atoms with Gasteiger partial charge in [-0.3, -0.25) is 4.79 Å². The standard InChI is InChI=1S/C14H10F2N6O/c15-11(16)14-21-10-12(17-5-18-13(10)22-14)19-7-1-2-8-6(3-7)4-9(23)20-8/h1-3,5,11H,4H2,(H,20,23)(H2,17,18,19,21,22). The molecule has 3 N–H and O–H groups in total. The fourth-order valence-corrected chi connectivity index (χ4v) is 2.49. The lowest BCUT2D eigenvalue weighted by Crippen LogP contribution is -2.03. The number of amides is 1. The Kier molecular flexibility index (Phi) is 2.93. The number of anilines is 3. The summed E-state index contributed by atoms with van der Waals surface area (Å²) in [6.07, 6.45) is -1.16. The molecule has 0 bridgehead atoms. The van der Waals surface area contributed by atoms with Crippen molar-refractivity contribution in [3.8, 4) is 0 Å². The van der Waals surface area contributed by atoms with E-state index in [4.69, 9.17) is 0 Å². The van der Waals surface area contributed by atoms with Gasteiger partial charge in [0.1, 0.15) is 11.8 Å². The fourth-order valence-electron chi connectivity index (χ4n) is 2.49. The summed E-state index contributed by atoms with van der Waals surface area (Å²) in [6, 6.07) is 5.35. The molecule has 1 amide bonds. The number of aromatic nitrogens is 4. The van der Waals surface area contributed by atoms with Gasteiger partial charge in [0, 0.05) is 11.4 Å². The van der Waals surface area contributed by atoms with Gasteiger partial charge in [-0.1, -0.05) is 0 Å². The Bertz CT molecular complexity index is 923. The Balaban J connectivity index is 1.70. The minimum absolute atomic E-state index is 0.0586. The van der Waals surface area contributed by atoms with Gasteiger partial charge in [-0.2, -0.15) is 0 Å². The number of alkyl halides is 2. The average Bonchev–Trinajstić information content (AvgIpc) is 3.10. The van der Waals surface area contributed by atoms with Gasteiger partial charge in [0.15, 0.2) is 17.3 Å². The molecule has 0 fully saturated rings. The lowest BCUT2D eigenvalue weighted by atomic mass is 10.1. The Morgan fingerprint density at radius 1 is 1.26 bits per heavy atom. The van der Waals surface area contributed by atoms with E-state index in [9.17, 15) is 13.6 Å². The summed E-state index contributed by atoms with van der Waals surface area (Å²) >= 11 is 0. The largest absolute Gasteiger partial charge is 0.338 e. The molecule has 9 heteroatoms. The molecule has 3 heterocycles. The van der Waals surface area contributed by atoms with Crippen LogP contribution < -0.4 is 10.6 Å². The molecule has 116 valence electrons. The van der Waals surface area contributed by atoms with E-state index in [2.05, 4.69) is 30.6 Å². The summed E-state index contributed by atoms with van der Waals surface area (Å²) in [4.78, 5) is 25.6. The number of aromatic amines is 1. The van der Waals surface area contributed by atoms with E-state index in [0.29, 0.717) is 23.4 Å². The van der Waals surface area contributed by atoms with Crippen molar-refractivity contribution in [2.45, 2.75) is 12.8 Å². The maximum atomic E-state index is 12.7. The average molecular weight is 316 g/mol. The molecule has 1 aliphatic rings. The number of rotatable bonds is 3. The first-order chi connectivity index (χ1) is 11.1. The van der Waals surface area contributed by atoms with Gasteiger partial charge in [-0.25, -0.2) is 23.7 Å². The highest BCUT2D eigenvalue weighted by atomic mass is 19.3. The second kappa shape index (κ2) is 4.97. The van der Waals surface area contributed by atoms with Gasteiger partial charge in [0.05, 0.1) is 6.42 Å². The molecule has 1 aliphatic heterocycles. The summed E-state index contributed by atoms with van der Waals surface area (Å²) in [5.74, 6) is -0.171. The number of imidazole rings is 1. The lowest BCUT2D eigenvalue weighted by molar-refractivity contribution is -0.115. The number of benzene rings is 1. The number of carbonyl (C=O) groups is 1. The number of hydrogen-bond acceptors (Lipinski definition) is 5. The first kappa shape index (κ1) is 13.6. The van der Waals surface area contributed by atoms with Gasteiger partial charge >= 0.3 is 0 Å². The van der Waals surface area contributed by atoms with Gasteiger partial charge < -0.3 is 15.6 Å². The number of hydrogen-bond donors (Lipinski definition) is 3. The predicted molar refractivity (Wildman–Crippen MR) is 78.7 cm³/mol. The Labute approximate surface area is 128 Å². The maximum absolute atomic E-state index is 12.7. The van der Waals surface area contributed by atoms with Crippen LogP contribution in [0.15, 0.2) is 24.5 Å². The van der Waals surface area contributed by atoms with Crippen LogP contribution in [0.5, 0.6) is 0 Å². The number of fused-ring (bicyclic) bond motifs is 2. The molecule has 0 aliphatic carbocycles. The topological polar surface area (TPSA) is 95.6 Å². The molecule has 0 spiro atoms. The van der Waals surface area contributed by atoms with Crippen LogP contribution in [0.3, 0.4) is 0 Å². The summed E-state index contributed by atoms with van der Waals surface area (Å²) in [7, 11) is 0. The summed E-state index contributed by atoms with van der Waals surface area (Å²) in [5.41, 5.74) is 2.79. The Hall–Kier alpha value is -3.10. The van der Waals surface area contributed by atoms with Crippen LogP contribution in [0.25, 0.3) is 11.2 Å². The van der Waals surface area contributed by atoms with Crippen molar-refractivity contribution in [2.24, 2.45) is 0 Å². The van der Waals surface area contributed by atoms with E-state index in [1.54, 1.807) is 12.1 Å². The lowest BCUT2D eigenvalue weighted by Gasteiger charge is -2.07. The molecule has 23 heavy (non-hydrogen) atoms. The quantitative estimate of drug-likeness (QED) is 0.690. The number of nitrogens with zero attached hydrogens (tertiary/aromatic N) is 3. The number of halogens is 2. The normalized spacial score (nSPS) is 13.4.